The molecule has 2 rings (SSSR count). The van der Waals surface area contributed by atoms with Gasteiger partial charge in [0.25, 0.3) is 0 Å². The van der Waals surface area contributed by atoms with E-state index in [0.717, 1.165) is 25.7 Å². The molecule has 0 aliphatic carbocycles. The third-order valence-corrected chi connectivity index (χ3v) is 3.53. The van der Waals surface area contributed by atoms with Crippen molar-refractivity contribution >= 4 is 29.1 Å². The smallest absolute Gasteiger partial charge is 0.313 e. The Labute approximate surface area is 129 Å². The van der Waals surface area contributed by atoms with Gasteiger partial charge in [-0.3, -0.25) is 14.4 Å². The average molecular weight is 303 g/mol. The van der Waals surface area contributed by atoms with Crippen LogP contribution >= 0.6 is 0 Å². The van der Waals surface area contributed by atoms with Crippen LogP contribution in [0.2, 0.25) is 0 Å². The number of amides is 3. The molecule has 1 saturated heterocycles. The van der Waals surface area contributed by atoms with E-state index in [-0.39, 0.29) is 5.91 Å². The number of anilines is 2. The molecule has 6 nitrogen and oxygen atoms in total. The summed E-state index contributed by atoms with van der Waals surface area (Å²) >= 11 is 0. The standard InChI is InChI=1S/C16H21N3O3/c1-12(20)17-13-7-6-8-14(11-13)18-15(21)16(22)19-9-4-2-3-5-10-19/h6-8,11H,2-5,9-10H2,1H3,(H,17,20)(H,18,21). The van der Waals surface area contributed by atoms with Crippen molar-refractivity contribution in [2.45, 2.75) is 32.6 Å². The molecular formula is C16H21N3O3. The van der Waals surface area contributed by atoms with E-state index in [1.54, 1.807) is 29.2 Å². The second-order valence-corrected chi connectivity index (χ2v) is 5.42. The molecule has 0 aromatic heterocycles. The number of nitrogens with one attached hydrogen (secondary N) is 2. The number of hydrogen-bond donors (Lipinski definition) is 2. The minimum absolute atomic E-state index is 0.191. The fraction of sp³-hybridized carbons (Fsp3) is 0.438. The average Bonchev–Trinajstić information content (AvgIpc) is 2.75. The Morgan fingerprint density at radius 2 is 1.55 bits per heavy atom. The molecular weight excluding hydrogens is 282 g/mol. The molecule has 6 heteroatoms. The van der Waals surface area contributed by atoms with E-state index in [4.69, 9.17) is 0 Å². The van der Waals surface area contributed by atoms with E-state index >= 15 is 0 Å². The molecule has 2 N–H and O–H groups in total. The van der Waals surface area contributed by atoms with Gasteiger partial charge in [0.2, 0.25) is 5.91 Å². The van der Waals surface area contributed by atoms with Crippen molar-refractivity contribution in [1.29, 1.82) is 0 Å². The van der Waals surface area contributed by atoms with Crippen LogP contribution in [0, 0.1) is 0 Å². The van der Waals surface area contributed by atoms with Crippen LogP contribution in [-0.4, -0.2) is 35.7 Å². The number of carbonyl (C=O) groups is 3. The lowest BCUT2D eigenvalue weighted by molar-refractivity contribution is -0.143. The van der Waals surface area contributed by atoms with Crippen LogP contribution in [0.15, 0.2) is 24.3 Å². The van der Waals surface area contributed by atoms with E-state index in [1.807, 2.05) is 0 Å². The molecule has 0 bridgehead atoms. The molecule has 1 aliphatic heterocycles. The van der Waals surface area contributed by atoms with Gasteiger partial charge in [-0.2, -0.15) is 0 Å². The molecule has 1 fully saturated rings. The highest BCUT2D eigenvalue weighted by Crippen LogP contribution is 2.16. The zero-order valence-electron chi connectivity index (χ0n) is 12.7. The molecule has 0 saturated carbocycles. The zero-order valence-corrected chi connectivity index (χ0v) is 12.7. The van der Waals surface area contributed by atoms with Gasteiger partial charge in [-0.1, -0.05) is 18.9 Å². The summed E-state index contributed by atoms with van der Waals surface area (Å²) in [7, 11) is 0. The Morgan fingerprint density at radius 3 is 2.14 bits per heavy atom. The van der Waals surface area contributed by atoms with Crippen LogP contribution in [0.25, 0.3) is 0 Å². The highest BCUT2D eigenvalue weighted by molar-refractivity contribution is 6.39. The summed E-state index contributed by atoms with van der Waals surface area (Å²) in [5.41, 5.74) is 1.06. The van der Waals surface area contributed by atoms with Gasteiger partial charge in [0.15, 0.2) is 0 Å². The quantitative estimate of drug-likeness (QED) is 0.820. The van der Waals surface area contributed by atoms with E-state index in [2.05, 4.69) is 10.6 Å². The van der Waals surface area contributed by atoms with E-state index in [9.17, 15) is 14.4 Å². The van der Waals surface area contributed by atoms with E-state index in [0.29, 0.717) is 24.5 Å². The van der Waals surface area contributed by atoms with Gasteiger partial charge in [0.05, 0.1) is 0 Å². The maximum Gasteiger partial charge on any atom is 0.313 e. The van der Waals surface area contributed by atoms with Crippen molar-refractivity contribution in [2.24, 2.45) is 0 Å². The van der Waals surface area contributed by atoms with Crippen molar-refractivity contribution in [3.8, 4) is 0 Å². The number of benzene rings is 1. The van der Waals surface area contributed by atoms with Gasteiger partial charge < -0.3 is 15.5 Å². The molecule has 1 aromatic carbocycles. The minimum atomic E-state index is -0.637. The lowest BCUT2D eigenvalue weighted by Gasteiger charge is -2.19. The number of carbonyl (C=O) groups excluding carboxylic acids is 3. The van der Waals surface area contributed by atoms with Crippen molar-refractivity contribution in [3.63, 3.8) is 0 Å². The summed E-state index contributed by atoms with van der Waals surface area (Å²) in [5, 5.41) is 5.23. The number of nitrogens with zero attached hydrogens (tertiary/aromatic N) is 1. The largest absolute Gasteiger partial charge is 0.334 e. The number of likely N-dealkylation sites (tertiary alicyclic amines) is 1. The molecule has 3 amide bonds. The van der Waals surface area contributed by atoms with Gasteiger partial charge in [0, 0.05) is 31.4 Å². The summed E-state index contributed by atoms with van der Waals surface area (Å²) in [5.74, 6) is -1.32. The fourth-order valence-corrected chi connectivity index (χ4v) is 2.48. The third-order valence-electron chi connectivity index (χ3n) is 3.53. The van der Waals surface area contributed by atoms with Crippen LogP contribution in [0.3, 0.4) is 0 Å². The zero-order chi connectivity index (χ0) is 15.9. The monoisotopic (exact) mass is 303 g/mol. The number of hydrogen-bond acceptors (Lipinski definition) is 3. The molecule has 0 atom stereocenters. The second-order valence-electron chi connectivity index (χ2n) is 5.42. The minimum Gasteiger partial charge on any atom is -0.334 e. The van der Waals surface area contributed by atoms with Gasteiger partial charge in [0.1, 0.15) is 0 Å². The van der Waals surface area contributed by atoms with Gasteiger partial charge in [-0.15, -0.1) is 0 Å². The van der Waals surface area contributed by atoms with Crippen LogP contribution < -0.4 is 10.6 Å². The lowest BCUT2D eigenvalue weighted by Crippen LogP contribution is -2.40. The molecule has 1 heterocycles. The van der Waals surface area contributed by atoms with Gasteiger partial charge in [-0.05, 0) is 31.0 Å². The van der Waals surface area contributed by atoms with Crippen LogP contribution in [0.5, 0.6) is 0 Å². The summed E-state index contributed by atoms with van der Waals surface area (Å²) in [6.45, 7) is 2.69. The van der Waals surface area contributed by atoms with Gasteiger partial charge >= 0.3 is 11.8 Å². The van der Waals surface area contributed by atoms with Crippen molar-refractivity contribution in [2.75, 3.05) is 23.7 Å². The fourth-order valence-electron chi connectivity index (χ4n) is 2.48. The summed E-state index contributed by atoms with van der Waals surface area (Å²) in [6, 6.07) is 6.72. The Morgan fingerprint density at radius 1 is 0.955 bits per heavy atom. The number of rotatable bonds is 2. The SMILES string of the molecule is CC(=O)Nc1cccc(NC(=O)C(=O)N2CCCCCC2)c1. The Balaban J connectivity index is 1.98. The molecule has 1 aromatic rings. The first-order valence-electron chi connectivity index (χ1n) is 7.54. The predicted molar refractivity (Wildman–Crippen MR) is 84.4 cm³/mol. The normalized spacial score (nSPS) is 14.9. The highest BCUT2D eigenvalue weighted by atomic mass is 16.2. The predicted octanol–water partition coefficient (Wildman–Crippen LogP) is 1.99. The highest BCUT2D eigenvalue weighted by Gasteiger charge is 2.22. The molecule has 0 radical (unpaired) electrons. The first-order chi connectivity index (χ1) is 10.6. The molecule has 0 unspecified atom stereocenters. The topological polar surface area (TPSA) is 78.5 Å². The maximum atomic E-state index is 12.2. The lowest BCUT2D eigenvalue weighted by atomic mass is 10.2. The van der Waals surface area contributed by atoms with Crippen LogP contribution in [0.1, 0.15) is 32.6 Å². The molecule has 0 spiro atoms. The summed E-state index contributed by atoms with van der Waals surface area (Å²) in [4.78, 5) is 36.9. The van der Waals surface area contributed by atoms with Crippen LogP contribution in [-0.2, 0) is 14.4 Å². The molecule has 1 aliphatic rings. The Hall–Kier alpha value is -2.37. The van der Waals surface area contributed by atoms with Crippen molar-refractivity contribution < 1.29 is 14.4 Å². The maximum absolute atomic E-state index is 12.2. The van der Waals surface area contributed by atoms with E-state index in [1.165, 1.54) is 6.92 Å². The summed E-state index contributed by atoms with van der Waals surface area (Å²) < 4.78 is 0. The third kappa shape index (κ3) is 4.58. The summed E-state index contributed by atoms with van der Waals surface area (Å²) in [6.07, 6.45) is 4.09. The van der Waals surface area contributed by atoms with Crippen molar-refractivity contribution in [1.82, 2.24) is 4.90 Å². The van der Waals surface area contributed by atoms with Crippen LogP contribution in [0.4, 0.5) is 11.4 Å². The van der Waals surface area contributed by atoms with E-state index < -0.39 is 11.8 Å². The van der Waals surface area contributed by atoms with Gasteiger partial charge in [-0.25, -0.2) is 0 Å². The molecule has 118 valence electrons. The second kappa shape index (κ2) is 7.59. The Kier molecular flexibility index (Phi) is 5.52. The first kappa shape index (κ1) is 16.0. The Bertz CT molecular complexity index is 564. The molecule has 22 heavy (non-hydrogen) atoms. The first-order valence-corrected chi connectivity index (χ1v) is 7.54. The van der Waals surface area contributed by atoms with Crippen molar-refractivity contribution in [3.05, 3.63) is 24.3 Å².